The first-order chi connectivity index (χ1) is 5.92. The van der Waals surface area contributed by atoms with E-state index in [2.05, 4.69) is 23.2 Å². The van der Waals surface area contributed by atoms with Crippen molar-refractivity contribution in [1.82, 2.24) is 4.90 Å². The van der Waals surface area contributed by atoms with Crippen LogP contribution in [0.1, 0.15) is 12.8 Å². The van der Waals surface area contributed by atoms with Gasteiger partial charge in [-0.05, 0) is 6.42 Å². The van der Waals surface area contributed by atoms with E-state index in [0.29, 0.717) is 0 Å². The van der Waals surface area contributed by atoms with Crippen LogP contribution >= 0.6 is 11.8 Å². The van der Waals surface area contributed by atoms with Crippen LogP contribution in [-0.2, 0) is 0 Å². The Labute approximate surface area is 76.5 Å². The van der Waals surface area contributed by atoms with Crippen molar-refractivity contribution >= 4 is 11.8 Å². The van der Waals surface area contributed by atoms with E-state index >= 15 is 0 Å². The molecule has 3 heteroatoms. The van der Waals surface area contributed by atoms with E-state index in [-0.39, 0.29) is 0 Å². The van der Waals surface area contributed by atoms with Crippen molar-refractivity contribution < 1.29 is 0 Å². The standard InChI is InChI=1S/C9H10N2S/c10-7-8-3-1-4-11-5-2-6-12-9(8)11/h1,4H,2-3,5-6H2. The highest BCUT2D eigenvalue weighted by Crippen LogP contribution is 2.33. The van der Waals surface area contributed by atoms with Gasteiger partial charge in [-0.3, -0.25) is 0 Å². The molecule has 0 amide bonds. The first-order valence-electron chi connectivity index (χ1n) is 4.11. The summed E-state index contributed by atoms with van der Waals surface area (Å²) >= 11 is 1.81. The molecule has 2 heterocycles. The van der Waals surface area contributed by atoms with Gasteiger partial charge in [0.2, 0.25) is 0 Å². The molecule has 2 aliphatic rings. The number of allylic oxidation sites excluding steroid dienone is 2. The van der Waals surface area contributed by atoms with Crippen molar-refractivity contribution in [2.24, 2.45) is 0 Å². The van der Waals surface area contributed by atoms with Crippen LogP contribution in [0.2, 0.25) is 0 Å². The van der Waals surface area contributed by atoms with Crippen LogP contribution in [-0.4, -0.2) is 17.2 Å². The summed E-state index contributed by atoms with van der Waals surface area (Å²) in [5.74, 6) is 1.16. The SMILES string of the molecule is N#CC1=C2SCCCN2C=CC1. The quantitative estimate of drug-likeness (QED) is 0.568. The lowest BCUT2D eigenvalue weighted by Crippen LogP contribution is -2.24. The minimum absolute atomic E-state index is 0.815. The van der Waals surface area contributed by atoms with Crippen LogP contribution < -0.4 is 0 Å². The number of hydrogen-bond acceptors (Lipinski definition) is 3. The summed E-state index contributed by atoms with van der Waals surface area (Å²) < 4.78 is 0. The monoisotopic (exact) mass is 178 g/mol. The fraction of sp³-hybridized carbons (Fsp3) is 0.444. The largest absolute Gasteiger partial charge is 0.342 e. The molecular weight excluding hydrogens is 168 g/mol. The van der Waals surface area contributed by atoms with Gasteiger partial charge in [-0.25, -0.2) is 0 Å². The number of nitrogens with zero attached hydrogens (tertiary/aromatic N) is 2. The van der Waals surface area contributed by atoms with Gasteiger partial charge in [0.25, 0.3) is 0 Å². The molecular formula is C9H10N2S. The highest BCUT2D eigenvalue weighted by molar-refractivity contribution is 8.03. The molecule has 2 rings (SSSR count). The molecule has 0 aromatic heterocycles. The van der Waals surface area contributed by atoms with Crippen LogP contribution in [0.4, 0.5) is 0 Å². The van der Waals surface area contributed by atoms with Gasteiger partial charge >= 0.3 is 0 Å². The van der Waals surface area contributed by atoms with Gasteiger partial charge in [-0.1, -0.05) is 6.08 Å². The van der Waals surface area contributed by atoms with Crippen LogP contribution in [0, 0.1) is 11.3 Å². The second-order valence-corrected chi connectivity index (χ2v) is 3.96. The topological polar surface area (TPSA) is 27.0 Å². The zero-order valence-electron chi connectivity index (χ0n) is 6.79. The van der Waals surface area contributed by atoms with Gasteiger partial charge in [0.15, 0.2) is 0 Å². The Kier molecular flexibility index (Phi) is 2.09. The average Bonchev–Trinajstić information content (AvgIpc) is 2.17. The summed E-state index contributed by atoms with van der Waals surface area (Å²) in [6, 6.07) is 2.27. The summed E-state index contributed by atoms with van der Waals surface area (Å²) in [6.45, 7) is 1.07. The fourth-order valence-electron chi connectivity index (χ4n) is 1.47. The maximum absolute atomic E-state index is 8.85. The number of nitriles is 1. The van der Waals surface area contributed by atoms with Gasteiger partial charge in [0, 0.05) is 24.9 Å². The maximum atomic E-state index is 8.85. The summed E-state index contributed by atoms with van der Waals surface area (Å²) in [7, 11) is 0. The summed E-state index contributed by atoms with van der Waals surface area (Å²) in [5.41, 5.74) is 0.933. The molecule has 0 saturated carbocycles. The van der Waals surface area contributed by atoms with Crippen molar-refractivity contribution in [2.75, 3.05) is 12.3 Å². The Morgan fingerprint density at radius 3 is 3.33 bits per heavy atom. The highest BCUT2D eigenvalue weighted by atomic mass is 32.2. The predicted molar refractivity (Wildman–Crippen MR) is 50.2 cm³/mol. The van der Waals surface area contributed by atoms with E-state index in [1.54, 1.807) is 0 Å². The Balaban J connectivity index is 2.29. The molecule has 0 atom stereocenters. The van der Waals surface area contributed by atoms with Gasteiger partial charge in [-0.2, -0.15) is 5.26 Å². The predicted octanol–water partition coefficient (Wildman–Crippen LogP) is 2.08. The Bertz CT molecular complexity index is 285. The van der Waals surface area contributed by atoms with Crippen molar-refractivity contribution in [2.45, 2.75) is 12.8 Å². The van der Waals surface area contributed by atoms with E-state index < -0.39 is 0 Å². The lowest BCUT2D eigenvalue weighted by molar-refractivity contribution is 0.471. The van der Waals surface area contributed by atoms with Crippen LogP contribution in [0.5, 0.6) is 0 Å². The minimum atomic E-state index is 0.815. The van der Waals surface area contributed by atoms with E-state index in [9.17, 15) is 0 Å². The zero-order chi connectivity index (χ0) is 8.39. The molecule has 0 aromatic carbocycles. The average molecular weight is 178 g/mol. The molecule has 0 aliphatic carbocycles. The van der Waals surface area contributed by atoms with Crippen molar-refractivity contribution in [3.05, 3.63) is 22.9 Å². The Morgan fingerprint density at radius 2 is 2.50 bits per heavy atom. The zero-order valence-corrected chi connectivity index (χ0v) is 7.60. The van der Waals surface area contributed by atoms with E-state index in [1.165, 1.54) is 11.4 Å². The van der Waals surface area contributed by atoms with Gasteiger partial charge in [0.1, 0.15) is 0 Å². The second kappa shape index (κ2) is 3.24. The highest BCUT2D eigenvalue weighted by Gasteiger charge is 2.19. The molecule has 62 valence electrons. The van der Waals surface area contributed by atoms with Crippen molar-refractivity contribution in [3.63, 3.8) is 0 Å². The third kappa shape index (κ3) is 1.23. The number of thioether (sulfide) groups is 1. The molecule has 2 aliphatic heterocycles. The van der Waals surface area contributed by atoms with Gasteiger partial charge in [0.05, 0.1) is 16.7 Å². The maximum Gasteiger partial charge on any atom is 0.0978 e. The molecule has 0 N–H and O–H groups in total. The lowest BCUT2D eigenvalue weighted by Gasteiger charge is -2.30. The second-order valence-electron chi connectivity index (χ2n) is 2.88. The molecule has 0 bridgehead atoms. The molecule has 0 spiro atoms. The van der Waals surface area contributed by atoms with Crippen molar-refractivity contribution in [3.8, 4) is 6.07 Å². The van der Waals surface area contributed by atoms with Gasteiger partial charge in [-0.15, -0.1) is 11.8 Å². The van der Waals surface area contributed by atoms with Crippen LogP contribution in [0.25, 0.3) is 0 Å². The molecule has 0 unspecified atom stereocenters. The van der Waals surface area contributed by atoms with Crippen LogP contribution in [0.15, 0.2) is 22.9 Å². The third-order valence-electron chi connectivity index (χ3n) is 2.04. The Hall–Kier alpha value is -0.880. The minimum Gasteiger partial charge on any atom is -0.342 e. The van der Waals surface area contributed by atoms with Crippen LogP contribution in [0.3, 0.4) is 0 Å². The first-order valence-corrected chi connectivity index (χ1v) is 5.10. The van der Waals surface area contributed by atoms with E-state index in [0.717, 1.165) is 24.3 Å². The first kappa shape index (κ1) is 7.75. The summed E-state index contributed by atoms with van der Waals surface area (Å²) in [5, 5.41) is 10.0. The summed E-state index contributed by atoms with van der Waals surface area (Å²) in [4.78, 5) is 2.19. The lowest BCUT2D eigenvalue weighted by atomic mass is 10.2. The number of fused-ring (bicyclic) bond motifs is 1. The molecule has 1 fully saturated rings. The van der Waals surface area contributed by atoms with E-state index in [4.69, 9.17) is 5.26 Å². The fourth-order valence-corrected chi connectivity index (χ4v) is 2.56. The van der Waals surface area contributed by atoms with Gasteiger partial charge < -0.3 is 4.90 Å². The molecule has 2 nitrogen and oxygen atoms in total. The molecule has 0 radical (unpaired) electrons. The third-order valence-corrected chi connectivity index (χ3v) is 3.29. The Morgan fingerprint density at radius 1 is 1.58 bits per heavy atom. The van der Waals surface area contributed by atoms with Crippen molar-refractivity contribution in [1.29, 1.82) is 5.26 Å². The number of hydrogen-bond donors (Lipinski definition) is 0. The normalized spacial score (nSPS) is 22.1. The smallest absolute Gasteiger partial charge is 0.0978 e. The number of rotatable bonds is 0. The van der Waals surface area contributed by atoms with E-state index in [1.807, 2.05) is 11.8 Å². The molecule has 0 aromatic rings. The molecule has 12 heavy (non-hydrogen) atoms. The summed E-state index contributed by atoms with van der Waals surface area (Å²) in [6.07, 6.45) is 6.20. The molecule has 1 saturated heterocycles.